The normalized spacial score (nSPS) is 17.9. The van der Waals surface area contributed by atoms with Gasteiger partial charge in [0, 0.05) is 39.3 Å². The molecule has 1 saturated heterocycles. The minimum Gasteiger partial charge on any atom is -0.326 e. The zero-order valence-electron chi connectivity index (χ0n) is 9.08. The third-order valence-corrected chi connectivity index (χ3v) is 2.84. The highest BCUT2D eigenvalue weighted by Crippen LogP contribution is 2.08. The fourth-order valence-electron chi connectivity index (χ4n) is 1.98. The second kappa shape index (κ2) is 5.26. The third-order valence-electron chi connectivity index (χ3n) is 2.84. The summed E-state index contributed by atoms with van der Waals surface area (Å²) < 4.78 is 0. The molecular formula is C12H19N3. The molecule has 1 aliphatic rings. The second-order valence-electron chi connectivity index (χ2n) is 4.05. The van der Waals surface area contributed by atoms with Crippen molar-refractivity contribution in [1.82, 2.24) is 10.2 Å². The van der Waals surface area contributed by atoms with Crippen molar-refractivity contribution in [2.45, 2.75) is 13.1 Å². The van der Waals surface area contributed by atoms with E-state index in [9.17, 15) is 0 Å². The number of nitrogens with zero attached hydrogens (tertiary/aromatic N) is 1. The summed E-state index contributed by atoms with van der Waals surface area (Å²) in [6.07, 6.45) is 0. The number of nitrogens with one attached hydrogen (secondary N) is 1. The van der Waals surface area contributed by atoms with Gasteiger partial charge in [0.05, 0.1) is 0 Å². The van der Waals surface area contributed by atoms with Crippen LogP contribution in [0.2, 0.25) is 0 Å². The smallest absolute Gasteiger partial charge is 0.0234 e. The molecule has 1 aromatic rings. The Hall–Kier alpha value is -0.900. The zero-order valence-corrected chi connectivity index (χ0v) is 9.08. The van der Waals surface area contributed by atoms with Gasteiger partial charge in [-0.25, -0.2) is 0 Å². The first-order valence-corrected chi connectivity index (χ1v) is 5.59. The number of benzene rings is 1. The first-order chi connectivity index (χ1) is 7.38. The lowest BCUT2D eigenvalue weighted by Gasteiger charge is -2.27. The van der Waals surface area contributed by atoms with Gasteiger partial charge in [-0.3, -0.25) is 4.90 Å². The lowest BCUT2D eigenvalue weighted by Crippen LogP contribution is -2.42. The largest absolute Gasteiger partial charge is 0.326 e. The Morgan fingerprint density at radius 3 is 2.67 bits per heavy atom. The van der Waals surface area contributed by atoms with Crippen LogP contribution in [0.4, 0.5) is 0 Å². The maximum absolute atomic E-state index is 5.63. The maximum atomic E-state index is 5.63. The van der Waals surface area contributed by atoms with Crippen LogP contribution in [0.5, 0.6) is 0 Å². The number of rotatable bonds is 3. The third kappa shape index (κ3) is 3.02. The van der Waals surface area contributed by atoms with Crippen LogP contribution in [0, 0.1) is 0 Å². The zero-order chi connectivity index (χ0) is 10.5. The molecule has 0 unspecified atom stereocenters. The van der Waals surface area contributed by atoms with Gasteiger partial charge in [-0.05, 0) is 11.1 Å². The predicted molar refractivity (Wildman–Crippen MR) is 62.5 cm³/mol. The van der Waals surface area contributed by atoms with Gasteiger partial charge in [-0.15, -0.1) is 0 Å². The summed E-state index contributed by atoms with van der Waals surface area (Å²) >= 11 is 0. The summed E-state index contributed by atoms with van der Waals surface area (Å²) in [7, 11) is 0. The summed E-state index contributed by atoms with van der Waals surface area (Å²) in [6, 6.07) is 8.57. The molecule has 15 heavy (non-hydrogen) atoms. The van der Waals surface area contributed by atoms with Crippen molar-refractivity contribution >= 4 is 0 Å². The molecule has 1 aromatic carbocycles. The van der Waals surface area contributed by atoms with Crippen molar-refractivity contribution in [3.63, 3.8) is 0 Å². The lowest BCUT2D eigenvalue weighted by molar-refractivity contribution is 0.233. The molecule has 0 saturated carbocycles. The molecular weight excluding hydrogens is 186 g/mol. The van der Waals surface area contributed by atoms with Crippen molar-refractivity contribution in [2.24, 2.45) is 5.73 Å². The monoisotopic (exact) mass is 205 g/mol. The highest BCUT2D eigenvalue weighted by atomic mass is 15.2. The van der Waals surface area contributed by atoms with Crippen LogP contribution in [0.25, 0.3) is 0 Å². The fourth-order valence-corrected chi connectivity index (χ4v) is 1.98. The van der Waals surface area contributed by atoms with Crippen LogP contribution in [0.15, 0.2) is 24.3 Å². The van der Waals surface area contributed by atoms with Gasteiger partial charge in [0.15, 0.2) is 0 Å². The molecule has 0 spiro atoms. The Bertz CT molecular complexity index is 305. The molecule has 0 radical (unpaired) electrons. The van der Waals surface area contributed by atoms with Gasteiger partial charge >= 0.3 is 0 Å². The molecule has 3 N–H and O–H groups in total. The lowest BCUT2D eigenvalue weighted by atomic mass is 10.1. The summed E-state index contributed by atoms with van der Waals surface area (Å²) in [5, 5.41) is 3.36. The van der Waals surface area contributed by atoms with E-state index in [1.165, 1.54) is 11.1 Å². The van der Waals surface area contributed by atoms with E-state index in [-0.39, 0.29) is 0 Å². The van der Waals surface area contributed by atoms with Crippen LogP contribution < -0.4 is 11.1 Å². The van der Waals surface area contributed by atoms with Crippen molar-refractivity contribution in [2.75, 3.05) is 26.2 Å². The van der Waals surface area contributed by atoms with Crippen LogP contribution in [-0.2, 0) is 13.1 Å². The molecule has 0 aromatic heterocycles. The topological polar surface area (TPSA) is 41.3 Å². The maximum Gasteiger partial charge on any atom is 0.0234 e. The van der Waals surface area contributed by atoms with Gasteiger partial charge in [-0.2, -0.15) is 0 Å². The molecule has 1 heterocycles. The highest BCUT2D eigenvalue weighted by molar-refractivity contribution is 5.23. The molecule has 0 amide bonds. The van der Waals surface area contributed by atoms with E-state index < -0.39 is 0 Å². The Morgan fingerprint density at radius 1 is 1.20 bits per heavy atom. The number of hydrogen-bond acceptors (Lipinski definition) is 3. The van der Waals surface area contributed by atoms with E-state index in [0.29, 0.717) is 6.54 Å². The number of hydrogen-bond donors (Lipinski definition) is 2. The van der Waals surface area contributed by atoms with E-state index in [1.807, 2.05) is 0 Å². The average molecular weight is 205 g/mol. The molecule has 0 bridgehead atoms. The SMILES string of the molecule is NCc1cccc(CN2CCNCC2)c1. The first-order valence-electron chi connectivity index (χ1n) is 5.59. The van der Waals surface area contributed by atoms with E-state index in [1.54, 1.807) is 0 Å². The van der Waals surface area contributed by atoms with Gasteiger partial charge < -0.3 is 11.1 Å². The van der Waals surface area contributed by atoms with Gasteiger partial charge in [0.2, 0.25) is 0 Å². The summed E-state index contributed by atoms with van der Waals surface area (Å²) in [5.74, 6) is 0. The van der Waals surface area contributed by atoms with Crippen molar-refractivity contribution in [1.29, 1.82) is 0 Å². The van der Waals surface area contributed by atoms with Crippen LogP contribution in [-0.4, -0.2) is 31.1 Å². The summed E-state index contributed by atoms with van der Waals surface area (Å²) in [4.78, 5) is 2.48. The Balaban J connectivity index is 1.96. The number of piperazine rings is 1. The van der Waals surface area contributed by atoms with E-state index in [0.717, 1.165) is 32.7 Å². The molecule has 3 heteroatoms. The predicted octanol–water partition coefficient (Wildman–Crippen LogP) is 0.550. The molecule has 1 aliphatic heterocycles. The standard InChI is InChI=1S/C12H19N3/c13-9-11-2-1-3-12(8-11)10-15-6-4-14-5-7-15/h1-3,8,14H,4-7,9-10,13H2. The Labute approximate surface area is 91.3 Å². The van der Waals surface area contributed by atoms with Gasteiger partial charge in [0.25, 0.3) is 0 Å². The number of nitrogens with two attached hydrogens (primary N) is 1. The molecule has 0 atom stereocenters. The average Bonchev–Trinajstić information content (AvgIpc) is 2.31. The van der Waals surface area contributed by atoms with Crippen molar-refractivity contribution in [3.05, 3.63) is 35.4 Å². The van der Waals surface area contributed by atoms with E-state index in [4.69, 9.17) is 5.73 Å². The highest BCUT2D eigenvalue weighted by Gasteiger charge is 2.09. The minimum atomic E-state index is 0.634. The van der Waals surface area contributed by atoms with Crippen LogP contribution in [0.3, 0.4) is 0 Å². The Kier molecular flexibility index (Phi) is 3.72. The molecule has 82 valence electrons. The summed E-state index contributed by atoms with van der Waals surface area (Å²) in [5.41, 5.74) is 8.23. The van der Waals surface area contributed by atoms with Crippen molar-refractivity contribution in [3.8, 4) is 0 Å². The van der Waals surface area contributed by atoms with E-state index in [2.05, 4.69) is 34.5 Å². The second-order valence-corrected chi connectivity index (χ2v) is 4.05. The molecule has 1 fully saturated rings. The quantitative estimate of drug-likeness (QED) is 0.757. The minimum absolute atomic E-state index is 0.634. The van der Waals surface area contributed by atoms with E-state index >= 15 is 0 Å². The molecule has 2 rings (SSSR count). The summed E-state index contributed by atoms with van der Waals surface area (Å²) in [6.45, 7) is 6.19. The molecule has 0 aliphatic carbocycles. The Morgan fingerprint density at radius 2 is 1.93 bits per heavy atom. The van der Waals surface area contributed by atoms with Gasteiger partial charge in [-0.1, -0.05) is 24.3 Å². The van der Waals surface area contributed by atoms with Gasteiger partial charge in [0.1, 0.15) is 0 Å². The fraction of sp³-hybridized carbons (Fsp3) is 0.500. The van der Waals surface area contributed by atoms with Crippen LogP contribution >= 0.6 is 0 Å². The first kappa shape index (κ1) is 10.6. The van der Waals surface area contributed by atoms with Crippen molar-refractivity contribution < 1.29 is 0 Å². The molecule has 3 nitrogen and oxygen atoms in total. The van der Waals surface area contributed by atoms with Crippen LogP contribution in [0.1, 0.15) is 11.1 Å².